The molecule has 0 aromatic heterocycles. The molecule has 0 radical (unpaired) electrons. The number of esters is 1. The van der Waals surface area contributed by atoms with Gasteiger partial charge >= 0.3 is 5.97 Å². The summed E-state index contributed by atoms with van der Waals surface area (Å²) in [5.74, 6) is -1.42. The minimum atomic E-state index is -0.538. The Labute approximate surface area is 116 Å². The van der Waals surface area contributed by atoms with Crippen molar-refractivity contribution in [2.75, 3.05) is 12.0 Å². The Morgan fingerprint density at radius 3 is 2.45 bits per heavy atom. The fourth-order valence-electron chi connectivity index (χ4n) is 1.87. The summed E-state index contributed by atoms with van der Waals surface area (Å²) < 4.78 is 4.55. The van der Waals surface area contributed by atoms with Crippen LogP contribution in [0, 0.1) is 0 Å². The molecule has 0 spiro atoms. The third-order valence-corrected chi connectivity index (χ3v) is 2.84. The van der Waals surface area contributed by atoms with E-state index in [4.69, 9.17) is 0 Å². The highest BCUT2D eigenvalue weighted by Crippen LogP contribution is 2.23. The van der Waals surface area contributed by atoms with Gasteiger partial charge in [0.05, 0.1) is 12.8 Å². The number of methoxy groups -OCH3 is 1. The molecule has 0 N–H and O–H groups in total. The summed E-state index contributed by atoms with van der Waals surface area (Å²) in [6.07, 6.45) is 2.57. The summed E-state index contributed by atoms with van der Waals surface area (Å²) in [7, 11) is 1.26. The molecule has 0 unspecified atom stereocenters. The Bertz CT molecular complexity index is 629. The Morgan fingerprint density at radius 2 is 1.85 bits per heavy atom. The van der Waals surface area contributed by atoms with Crippen LogP contribution in [-0.2, 0) is 19.1 Å². The highest BCUT2D eigenvalue weighted by molar-refractivity contribution is 6.31. The van der Waals surface area contributed by atoms with Gasteiger partial charge in [0.2, 0.25) is 0 Å². The number of hydrogen-bond donors (Lipinski definition) is 0. The van der Waals surface area contributed by atoms with Crippen LogP contribution in [0.4, 0.5) is 5.69 Å². The summed E-state index contributed by atoms with van der Waals surface area (Å²) in [5, 5.41) is 0. The molecule has 20 heavy (non-hydrogen) atoms. The first-order valence-corrected chi connectivity index (χ1v) is 5.96. The van der Waals surface area contributed by atoms with Gasteiger partial charge in [-0.15, -0.1) is 0 Å². The molecule has 1 aromatic rings. The number of benzene rings is 1. The zero-order valence-corrected chi connectivity index (χ0v) is 11.1. The number of hydrogen-bond acceptors (Lipinski definition) is 4. The van der Waals surface area contributed by atoms with E-state index < -0.39 is 17.8 Å². The molecule has 0 fully saturated rings. The van der Waals surface area contributed by atoms with Gasteiger partial charge in [0, 0.05) is 17.2 Å². The van der Waals surface area contributed by atoms with Crippen LogP contribution in [0.2, 0.25) is 0 Å². The molecular formula is C15H13NO4. The Hall–Kier alpha value is -2.69. The number of nitrogens with zero attached hydrogens (tertiary/aromatic N) is 1. The largest absolute Gasteiger partial charge is 0.466 e. The van der Waals surface area contributed by atoms with Crippen molar-refractivity contribution >= 4 is 23.5 Å². The topological polar surface area (TPSA) is 63.7 Å². The first-order valence-electron chi connectivity index (χ1n) is 5.96. The molecule has 1 aliphatic heterocycles. The standard InChI is InChI=1S/C15H13NO4/c1-10(15(19)20-2)8-11-9-13(17)16(14(11)18)12-6-4-3-5-7-12/h3-9H,1-2H3/b10-8+. The molecular weight excluding hydrogens is 258 g/mol. The number of ether oxygens (including phenoxy) is 1. The van der Waals surface area contributed by atoms with Gasteiger partial charge in [-0.05, 0) is 25.1 Å². The molecule has 0 bridgehead atoms. The molecule has 5 heteroatoms. The highest BCUT2D eigenvalue weighted by atomic mass is 16.5. The lowest BCUT2D eigenvalue weighted by Crippen LogP contribution is -2.30. The second-order valence-corrected chi connectivity index (χ2v) is 4.23. The van der Waals surface area contributed by atoms with Crippen molar-refractivity contribution in [2.24, 2.45) is 0 Å². The number of amides is 2. The first kappa shape index (κ1) is 13.7. The summed E-state index contributed by atoms with van der Waals surface area (Å²) in [6.45, 7) is 1.52. The normalized spacial score (nSPS) is 15.4. The molecule has 0 saturated carbocycles. The van der Waals surface area contributed by atoms with Crippen molar-refractivity contribution in [1.82, 2.24) is 0 Å². The first-order chi connectivity index (χ1) is 9.54. The zero-order chi connectivity index (χ0) is 14.7. The number of carbonyl (C=O) groups is 3. The molecule has 102 valence electrons. The minimum absolute atomic E-state index is 0.168. The Kier molecular flexibility index (Phi) is 3.79. The predicted molar refractivity (Wildman–Crippen MR) is 72.8 cm³/mol. The van der Waals surface area contributed by atoms with Gasteiger partial charge in [0.25, 0.3) is 11.8 Å². The number of rotatable bonds is 3. The lowest BCUT2D eigenvalue weighted by Gasteiger charge is -2.13. The van der Waals surface area contributed by atoms with E-state index in [2.05, 4.69) is 4.74 Å². The van der Waals surface area contributed by atoms with Crippen LogP contribution in [0.3, 0.4) is 0 Å². The summed E-state index contributed by atoms with van der Waals surface area (Å²) in [5.41, 5.74) is 0.925. The van der Waals surface area contributed by atoms with Crippen LogP contribution in [0.5, 0.6) is 0 Å². The van der Waals surface area contributed by atoms with Crippen molar-refractivity contribution in [3.05, 3.63) is 53.6 Å². The molecule has 0 saturated heterocycles. The van der Waals surface area contributed by atoms with Crippen molar-refractivity contribution in [3.63, 3.8) is 0 Å². The molecule has 2 rings (SSSR count). The summed E-state index contributed by atoms with van der Waals surface area (Å²) in [6, 6.07) is 8.62. The fraction of sp³-hybridized carbons (Fsp3) is 0.133. The molecule has 0 aliphatic carbocycles. The van der Waals surface area contributed by atoms with E-state index >= 15 is 0 Å². The number of carbonyl (C=O) groups excluding carboxylic acids is 3. The van der Waals surface area contributed by atoms with Gasteiger partial charge in [-0.1, -0.05) is 18.2 Å². The van der Waals surface area contributed by atoms with Gasteiger partial charge in [-0.25, -0.2) is 9.69 Å². The molecule has 5 nitrogen and oxygen atoms in total. The van der Waals surface area contributed by atoms with E-state index in [0.717, 1.165) is 4.90 Å². The predicted octanol–water partition coefficient (Wildman–Crippen LogP) is 1.61. The quantitative estimate of drug-likeness (QED) is 0.476. The van der Waals surface area contributed by atoms with Gasteiger partial charge in [0.1, 0.15) is 0 Å². The molecule has 1 aromatic carbocycles. The average molecular weight is 271 g/mol. The van der Waals surface area contributed by atoms with Crippen LogP contribution in [0.1, 0.15) is 6.92 Å². The van der Waals surface area contributed by atoms with E-state index in [-0.39, 0.29) is 11.1 Å². The van der Waals surface area contributed by atoms with Crippen molar-refractivity contribution < 1.29 is 19.1 Å². The van der Waals surface area contributed by atoms with Crippen LogP contribution in [0.15, 0.2) is 53.6 Å². The number of para-hydroxylation sites is 1. The maximum absolute atomic E-state index is 12.2. The molecule has 2 amide bonds. The van der Waals surface area contributed by atoms with Crippen LogP contribution >= 0.6 is 0 Å². The monoisotopic (exact) mass is 271 g/mol. The van der Waals surface area contributed by atoms with Crippen LogP contribution < -0.4 is 4.90 Å². The molecule has 1 heterocycles. The van der Waals surface area contributed by atoms with Crippen molar-refractivity contribution in [2.45, 2.75) is 6.92 Å². The molecule has 0 atom stereocenters. The molecule has 1 aliphatic rings. The van der Waals surface area contributed by atoms with Gasteiger partial charge in [-0.3, -0.25) is 9.59 Å². The Balaban J connectivity index is 2.29. The van der Waals surface area contributed by atoms with Crippen molar-refractivity contribution in [1.29, 1.82) is 0 Å². The van der Waals surface area contributed by atoms with Crippen LogP contribution in [-0.4, -0.2) is 24.9 Å². The SMILES string of the molecule is COC(=O)/C(C)=C/C1=CC(=O)N(c2ccccc2)C1=O. The third kappa shape index (κ3) is 2.51. The minimum Gasteiger partial charge on any atom is -0.466 e. The smallest absolute Gasteiger partial charge is 0.333 e. The van der Waals surface area contributed by atoms with Gasteiger partial charge in [0.15, 0.2) is 0 Å². The van der Waals surface area contributed by atoms with E-state index in [1.807, 2.05) is 0 Å². The maximum Gasteiger partial charge on any atom is 0.333 e. The Morgan fingerprint density at radius 1 is 1.20 bits per heavy atom. The van der Waals surface area contributed by atoms with E-state index in [1.54, 1.807) is 30.3 Å². The van der Waals surface area contributed by atoms with E-state index in [1.165, 1.54) is 26.2 Å². The lowest BCUT2D eigenvalue weighted by atomic mass is 10.1. The average Bonchev–Trinajstić information content (AvgIpc) is 2.73. The third-order valence-electron chi connectivity index (χ3n) is 2.84. The second-order valence-electron chi connectivity index (χ2n) is 4.23. The maximum atomic E-state index is 12.2. The number of imide groups is 1. The second kappa shape index (κ2) is 5.52. The fourth-order valence-corrected chi connectivity index (χ4v) is 1.87. The van der Waals surface area contributed by atoms with Gasteiger partial charge in [-0.2, -0.15) is 0 Å². The lowest BCUT2D eigenvalue weighted by molar-refractivity contribution is -0.136. The van der Waals surface area contributed by atoms with E-state index in [9.17, 15) is 14.4 Å². The van der Waals surface area contributed by atoms with E-state index in [0.29, 0.717) is 5.69 Å². The highest BCUT2D eigenvalue weighted by Gasteiger charge is 2.31. The summed E-state index contributed by atoms with van der Waals surface area (Å²) in [4.78, 5) is 36.5. The number of anilines is 1. The zero-order valence-electron chi connectivity index (χ0n) is 11.1. The van der Waals surface area contributed by atoms with Gasteiger partial charge < -0.3 is 4.74 Å². The van der Waals surface area contributed by atoms with Crippen molar-refractivity contribution in [3.8, 4) is 0 Å². The summed E-state index contributed by atoms with van der Waals surface area (Å²) >= 11 is 0. The van der Waals surface area contributed by atoms with Crippen LogP contribution in [0.25, 0.3) is 0 Å².